The van der Waals surface area contributed by atoms with Gasteiger partial charge in [-0.25, -0.2) is 18.1 Å². The molecule has 0 amide bonds. The Kier molecular flexibility index (Phi) is 12.0. The number of allylic oxidation sites excluding steroid dienone is 1. The van der Waals surface area contributed by atoms with Crippen molar-refractivity contribution in [3.05, 3.63) is 41.5 Å². The molecular weight excluding hydrogens is 539 g/mol. The van der Waals surface area contributed by atoms with Gasteiger partial charge in [0, 0.05) is 26.2 Å². The van der Waals surface area contributed by atoms with Crippen molar-refractivity contribution in [1.29, 1.82) is 0 Å². The number of rotatable bonds is 10. The number of aliphatic imine (C=N–C) groups is 1. The van der Waals surface area contributed by atoms with Gasteiger partial charge in [0.2, 0.25) is 10.0 Å². The minimum atomic E-state index is -3.52. The van der Waals surface area contributed by atoms with Gasteiger partial charge in [0.05, 0.1) is 17.5 Å². The van der Waals surface area contributed by atoms with E-state index in [1.54, 1.807) is 17.7 Å². The third-order valence-corrected chi connectivity index (χ3v) is 7.09. The summed E-state index contributed by atoms with van der Waals surface area (Å²) in [4.78, 5) is 4.91. The van der Waals surface area contributed by atoms with Gasteiger partial charge in [-0.2, -0.15) is 0 Å². The molecule has 0 spiro atoms. The zero-order chi connectivity index (χ0) is 21.9. The molecule has 1 fully saturated rings. The minimum Gasteiger partial charge on any atom is -0.377 e. The number of sulfonamides is 1. The van der Waals surface area contributed by atoms with Gasteiger partial charge in [0.15, 0.2) is 5.96 Å². The van der Waals surface area contributed by atoms with E-state index >= 15 is 0 Å². The van der Waals surface area contributed by atoms with Crippen LogP contribution in [0, 0.1) is 0 Å². The van der Waals surface area contributed by atoms with Crippen molar-refractivity contribution < 1.29 is 13.2 Å². The number of ether oxygens (including phenoxy) is 1. The van der Waals surface area contributed by atoms with Crippen molar-refractivity contribution in [2.45, 2.75) is 69.4 Å². The summed E-state index contributed by atoms with van der Waals surface area (Å²) in [5.74, 6) is 0.786. The van der Waals surface area contributed by atoms with Gasteiger partial charge >= 0.3 is 0 Å². The predicted octanol–water partition coefficient (Wildman–Crippen LogP) is 3.71. The molecule has 32 heavy (non-hydrogen) atoms. The van der Waals surface area contributed by atoms with Crippen LogP contribution in [0.3, 0.4) is 0 Å². The molecular formula is C23H37IN4O3S. The van der Waals surface area contributed by atoms with Crippen LogP contribution in [-0.2, 0) is 21.3 Å². The van der Waals surface area contributed by atoms with Gasteiger partial charge in [-0.1, -0.05) is 23.8 Å². The zero-order valence-electron chi connectivity index (χ0n) is 18.9. The first kappa shape index (κ1) is 27.1. The van der Waals surface area contributed by atoms with Crippen LogP contribution in [-0.4, -0.2) is 46.7 Å². The molecule has 0 aromatic heterocycles. The zero-order valence-corrected chi connectivity index (χ0v) is 22.1. The first-order valence-electron chi connectivity index (χ1n) is 11.5. The number of nitrogens with one attached hydrogen (secondary N) is 3. The van der Waals surface area contributed by atoms with Crippen molar-refractivity contribution >= 4 is 40.0 Å². The topological polar surface area (TPSA) is 91.8 Å². The average molecular weight is 577 g/mol. The molecule has 1 saturated heterocycles. The van der Waals surface area contributed by atoms with E-state index in [0.717, 1.165) is 43.9 Å². The number of benzene rings is 1. The number of hydrogen-bond donors (Lipinski definition) is 3. The Morgan fingerprint density at radius 1 is 1.16 bits per heavy atom. The van der Waals surface area contributed by atoms with Gasteiger partial charge < -0.3 is 15.4 Å². The minimum absolute atomic E-state index is 0. The summed E-state index contributed by atoms with van der Waals surface area (Å²) in [6.07, 6.45) is 10.3. The van der Waals surface area contributed by atoms with E-state index in [9.17, 15) is 8.42 Å². The number of nitrogens with zero attached hydrogens (tertiary/aromatic N) is 1. The van der Waals surface area contributed by atoms with Crippen molar-refractivity contribution in [1.82, 2.24) is 15.4 Å². The quantitative estimate of drug-likeness (QED) is 0.171. The molecule has 0 bridgehead atoms. The van der Waals surface area contributed by atoms with E-state index in [4.69, 9.17) is 4.74 Å². The fourth-order valence-electron chi connectivity index (χ4n) is 3.85. The third-order valence-electron chi connectivity index (χ3n) is 5.65. The number of guanidine groups is 1. The molecule has 0 saturated carbocycles. The molecule has 3 rings (SSSR count). The van der Waals surface area contributed by atoms with Crippen LogP contribution in [0.5, 0.6) is 0 Å². The van der Waals surface area contributed by atoms with Crippen molar-refractivity contribution in [2.75, 3.05) is 26.2 Å². The van der Waals surface area contributed by atoms with Gasteiger partial charge in [-0.3, -0.25) is 0 Å². The summed E-state index contributed by atoms with van der Waals surface area (Å²) in [7, 11) is -3.52. The molecule has 1 unspecified atom stereocenters. The maximum atomic E-state index is 12.5. The van der Waals surface area contributed by atoms with Gasteiger partial charge in [0.25, 0.3) is 0 Å². The maximum Gasteiger partial charge on any atom is 0.240 e. The van der Waals surface area contributed by atoms with Crippen molar-refractivity contribution in [3.8, 4) is 0 Å². The smallest absolute Gasteiger partial charge is 0.240 e. The fourth-order valence-corrected chi connectivity index (χ4v) is 4.92. The number of hydrogen-bond acceptors (Lipinski definition) is 4. The second-order valence-electron chi connectivity index (χ2n) is 8.11. The summed E-state index contributed by atoms with van der Waals surface area (Å²) in [6, 6.07) is 6.91. The van der Waals surface area contributed by atoms with Crippen LogP contribution in [0.1, 0.15) is 57.4 Å². The highest BCUT2D eigenvalue weighted by Crippen LogP contribution is 2.19. The highest BCUT2D eigenvalue weighted by atomic mass is 127. The lowest BCUT2D eigenvalue weighted by Gasteiger charge is -2.15. The predicted molar refractivity (Wildman–Crippen MR) is 140 cm³/mol. The van der Waals surface area contributed by atoms with E-state index in [1.165, 1.54) is 25.7 Å². The molecule has 1 aromatic rings. The highest BCUT2D eigenvalue weighted by Gasteiger charge is 2.20. The Balaban J connectivity index is 0.00000363. The van der Waals surface area contributed by atoms with E-state index in [0.29, 0.717) is 19.7 Å². The molecule has 3 N–H and O–H groups in total. The van der Waals surface area contributed by atoms with Crippen molar-refractivity contribution in [2.24, 2.45) is 4.99 Å². The maximum absolute atomic E-state index is 12.5. The normalized spacial score (nSPS) is 19.2. The summed E-state index contributed by atoms with van der Waals surface area (Å²) >= 11 is 0. The van der Waals surface area contributed by atoms with Crippen LogP contribution in [0.15, 0.2) is 45.8 Å². The van der Waals surface area contributed by atoms with Crippen LogP contribution in [0.4, 0.5) is 0 Å². The molecule has 1 heterocycles. The van der Waals surface area contributed by atoms with E-state index in [1.807, 2.05) is 19.1 Å². The summed E-state index contributed by atoms with van der Waals surface area (Å²) in [6.45, 7) is 5.23. The lowest BCUT2D eigenvalue weighted by Crippen LogP contribution is -2.37. The first-order valence-corrected chi connectivity index (χ1v) is 13.0. The molecule has 1 aliphatic carbocycles. The average Bonchev–Trinajstić information content (AvgIpc) is 3.31. The van der Waals surface area contributed by atoms with Crippen LogP contribution in [0.2, 0.25) is 0 Å². The Labute approximate surface area is 209 Å². The molecule has 7 nitrogen and oxygen atoms in total. The van der Waals surface area contributed by atoms with Crippen LogP contribution in [0.25, 0.3) is 0 Å². The first-order chi connectivity index (χ1) is 15.1. The molecule has 2 aliphatic rings. The molecule has 9 heteroatoms. The fraction of sp³-hybridized carbons (Fsp3) is 0.609. The summed E-state index contributed by atoms with van der Waals surface area (Å²) in [5, 5.41) is 6.67. The standard InChI is InChI=1S/C23H36N4O3S.HI/c1-2-24-23(25-15-14-19-7-4-3-5-8-19)26-17-20-10-12-22(13-11-20)31(28,29)27-18-21-9-6-16-30-21;/h7,10-13,21,27H,2-6,8-9,14-18H2,1H3,(H2,24,25,26);1H. The van der Waals surface area contributed by atoms with Gasteiger partial charge in [-0.15, -0.1) is 24.0 Å². The highest BCUT2D eigenvalue weighted by molar-refractivity contribution is 14.0. The molecule has 1 aliphatic heterocycles. The lowest BCUT2D eigenvalue weighted by molar-refractivity contribution is 0.114. The van der Waals surface area contributed by atoms with E-state index in [-0.39, 0.29) is 35.0 Å². The van der Waals surface area contributed by atoms with E-state index < -0.39 is 10.0 Å². The Morgan fingerprint density at radius 2 is 1.97 bits per heavy atom. The largest absolute Gasteiger partial charge is 0.377 e. The molecule has 1 aromatic carbocycles. The SMILES string of the molecule is CCNC(=NCc1ccc(S(=O)(=O)NCC2CCCO2)cc1)NCCC1=CCCCC1.I. The van der Waals surface area contributed by atoms with Crippen molar-refractivity contribution in [3.63, 3.8) is 0 Å². The second kappa shape index (κ2) is 14.2. The summed E-state index contributed by atoms with van der Waals surface area (Å²) in [5.41, 5.74) is 2.50. The van der Waals surface area contributed by atoms with Gasteiger partial charge in [0.1, 0.15) is 0 Å². The van der Waals surface area contributed by atoms with Crippen LogP contribution >= 0.6 is 24.0 Å². The summed E-state index contributed by atoms with van der Waals surface area (Å²) < 4.78 is 33.1. The Hall–Kier alpha value is -1.17. The third kappa shape index (κ3) is 8.99. The Bertz CT molecular complexity index is 850. The molecule has 1 atom stereocenters. The number of halogens is 1. The Morgan fingerprint density at radius 3 is 2.62 bits per heavy atom. The monoisotopic (exact) mass is 576 g/mol. The molecule has 0 radical (unpaired) electrons. The lowest BCUT2D eigenvalue weighted by atomic mass is 9.97. The second-order valence-corrected chi connectivity index (χ2v) is 9.88. The van der Waals surface area contributed by atoms with Gasteiger partial charge in [-0.05, 0) is 69.6 Å². The molecule has 180 valence electrons. The van der Waals surface area contributed by atoms with Crippen LogP contribution < -0.4 is 15.4 Å². The van der Waals surface area contributed by atoms with E-state index in [2.05, 4.69) is 26.4 Å².